The zero-order valence-electron chi connectivity index (χ0n) is 55.0. The van der Waals surface area contributed by atoms with Crippen molar-refractivity contribution in [3.05, 3.63) is 321 Å². The summed E-state index contributed by atoms with van der Waals surface area (Å²) in [7, 11) is 0. The Kier molecular flexibility index (Phi) is 11.0. The monoisotopic (exact) mass is 1220 g/mol. The van der Waals surface area contributed by atoms with Crippen LogP contribution in [0.2, 0.25) is 0 Å². The third-order valence-electron chi connectivity index (χ3n) is 23.7. The zero-order chi connectivity index (χ0) is 63.8. The summed E-state index contributed by atoms with van der Waals surface area (Å²) < 4.78 is 13.5. The quantitative estimate of drug-likeness (QED) is 0.159. The molecule has 1 atom stereocenters. The van der Waals surface area contributed by atoms with E-state index in [9.17, 15) is 0 Å². The van der Waals surface area contributed by atoms with Crippen LogP contribution < -0.4 is 0 Å². The van der Waals surface area contributed by atoms with Gasteiger partial charge in [-0.2, -0.15) is 0 Å². The Morgan fingerprint density at radius 3 is 1.54 bits per heavy atom. The number of rotatable bonds is 7. The second kappa shape index (κ2) is 19.1. The number of furan rings is 2. The van der Waals surface area contributed by atoms with Crippen LogP contribution in [0.15, 0.2) is 258 Å². The van der Waals surface area contributed by atoms with E-state index in [0.717, 1.165) is 46.1 Å². The fraction of sp³-hybridized carbons (Fsp3) is 0.161. The molecule has 15 aromatic rings. The fourth-order valence-corrected chi connectivity index (χ4v) is 18.8. The predicted molar refractivity (Wildman–Crippen MR) is 394 cm³/mol. The molecule has 2 heteroatoms. The van der Waals surface area contributed by atoms with E-state index in [2.05, 4.69) is 304 Å². The van der Waals surface area contributed by atoms with Gasteiger partial charge in [0.15, 0.2) is 0 Å². The molecule has 454 valence electrons. The molecule has 0 saturated carbocycles. The summed E-state index contributed by atoms with van der Waals surface area (Å²) in [5.41, 5.74) is 41.6. The van der Waals surface area contributed by atoms with Crippen molar-refractivity contribution in [3.63, 3.8) is 0 Å². The second-order valence-electron chi connectivity index (χ2n) is 30.1. The van der Waals surface area contributed by atoms with Crippen molar-refractivity contribution in [1.29, 1.82) is 0 Å². The number of para-hydroxylation sites is 2. The number of fused-ring (bicyclic) bond motifs is 24. The van der Waals surface area contributed by atoms with Crippen LogP contribution >= 0.6 is 0 Å². The van der Waals surface area contributed by atoms with E-state index in [1.165, 1.54) is 172 Å². The van der Waals surface area contributed by atoms with Gasteiger partial charge in [0.05, 0.1) is 0 Å². The Bertz CT molecular complexity index is 5890. The summed E-state index contributed by atoms with van der Waals surface area (Å²) in [5, 5.41) is 4.78. The van der Waals surface area contributed by atoms with Crippen molar-refractivity contribution < 1.29 is 8.83 Å². The van der Waals surface area contributed by atoms with Crippen molar-refractivity contribution in [2.75, 3.05) is 0 Å². The molecule has 0 radical (unpaired) electrons. The highest BCUT2D eigenvalue weighted by Crippen LogP contribution is 2.62. The normalized spacial score (nSPS) is 15.9. The minimum absolute atomic E-state index is 0.0296. The van der Waals surface area contributed by atoms with Gasteiger partial charge in [0.1, 0.15) is 22.3 Å². The molecule has 0 spiro atoms. The van der Waals surface area contributed by atoms with Crippen LogP contribution in [0.3, 0.4) is 0 Å². The van der Waals surface area contributed by atoms with E-state index in [1.807, 2.05) is 0 Å². The maximum Gasteiger partial charge on any atom is 0.143 e. The third kappa shape index (κ3) is 7.41. The molecule has 0 aliphatic heterocycles. The van der Waals surface area contributed by atoms with Crippen LogP contribution in [0.5, 0.6) is 0 Å². The molecule has 5 aliphatic carbocycles. The first-order chi connectivity index (χ1) is 46.1. The van der Waals surface area contributed by atoms with Crippen LogP contribution in [-0.2, 0) is 34.5 Å². The molecule has 13 aromatic carbocycles. The molecule has 2 heterocycles. The molecule has 0 bridgehead atoms. The van der Waals surface area contributed by atoms with Gasteiger partial charge >= 0.3 is 0 Å². The first-order valence-corrected chi connectivity index (χ1v) is 34.2. The maximum atomic E-state index is 6.91. The summed E-state index contributed by atoms with van der Waals surface area (Å²) in [6.07, 6.45) is 1.74. The third-order valence-corrected chi connectivity index (χ3v) is 23.7. The lowest BCUT2D eigenvalue weighted by molar-refractivity contribution is 0.648. The standard InChI is InChI=1S/C93H70O2/c1-90(2)72-41-42-82-87(64-31-19-21-33-80(64)94-82)86(72)71-51-76-69(50-77(71)90)61-39-36-56(46-74(61)91(76,3)4)66(43-52-35-38-62-73(44-52)92(5,6)78-48-67(54-25-13-10-14-26-54)89-88(85(62)78)65-32-20-22-34-81(65)95-89)57-37-40-63-75(47-57)93(7,8)79-49-68(60-30-18-17-28-58(60)53-23-11-9-12-24-53)70-45-55-27-15-16-29-59(55)83(70)84(63)79/h9-42,44,46-51,66H,43,45H2,1-8H3. The fourth-order valence-electron chi connectivity index (χ4n) is 18.8. The number of benzene rings is 13. The number of hydrogen-bond donors (Lipinski definition) is 0. The highest BCUT2D eigenvalue weighted by atomic mass is 16.3. The first-order valence-electron chi connectivity index (χ1n) is 34.2. The summed E-state index contributed by atoms with van der Waals surface area (Å²) >= 11 is 0. The minimum Gasteiger partial charge on any atom is -0.456 e. The van der Waals surface area contributed by atoms with E-state index in [-0.39, 0.29) is 27.6 Å². The molecular formula is C93H70O2. The van der Waals surface area contributed by atoms with Crippen molar-refractivity contribution in [1.82, 2.24) is 0 Å². The predicted octanol–water partition coefficient (Wildman–Crippen LogP) is 24.7. The molecule has 95 heavy (non-hydrogen) atoms. The van der Waals surface area contributed by atoms with Crippen molar-refractivity contribution in [3.8, 4) is 89.0 Å². The lowest BCUT2D eigenvalue weighted by Crippen LogP contribution is -2.18. The molecule has 2 nitrogen and oxygen atoms in total. The second-order valence-corrected chi connectivity index (χ2v) is 30.1. The maximum absolute atomic E-state index is 6.91. The Hall–Kier alpha value is -10.5. The zero-order valence-corrected chi connectivity index (χ0v) is 55.0. The van der Waals surface area contributed by atoms with Gasteiger partial charge in [0.25, 0.3) is 0 Å². The van der Waals surface area contributed by atoms with E-state index < -0.39 is 0 Å². The van der Waals surface area contributed by atoms with Crippen molar-refractivity contribution >= 4 is 43.9 Å². The summed E-state index contributed by atoms with van der Waals surface area (Å²) in [6, 6.07) is 94.7. The Morgan fingerprint density at radius 1 is 0.305 bits per heavy atom. The topological polar surface area (TPSA) is 26.3 Å². The summed E-state index contributed by atoms with van der Waals surface area (Å²) in [4.78, 5) is 0. The SMILES string of the molecule is CC1(C)c2cc(C(Cc3ccc4c(c3)C(C)(C)c3cc(-c5ccccc5)c5oc6ccccc6c5c3-4)c3ccc4c(c3)C(C)(C)c3cc(-c5ccccc5-c5ccccc5)c5c(c3-4)-c3ccccc3C5)ccc2-c2cc3c(cc21)-c1c(ccc2oc4ccccc4c12)C3(C)C. The minimum atomic E-state index is -0.304. The van der Waals surface area contributed by atoms with E-state index >= 15 is 0 Å². The Balaban J connectivity index is 0.760. The van der Waals surface area contributed by atoms with Gasteiger partial charge < -0.3 is 8.83 Å². The van der Waals surface area contributed by atoms with Crippen LogP contribution in [0, 0.1) is 0 Å². The average molecular weight is 1220 g/mol. The van der Waals surface area contributed by atoms with Gasteiger partial charge in [-0.1, -0.05) is 262 Å². The summed E-state index contributed by atoms with van der Waals surface area (Å²) in [6.45, 7) is 19.6. The summed E-state index contributed by atoms with van der Waals surface area (Å²) in [5.74, 6) is 0.0296. The van der Waals surface area contributed by atoms with Crippen molar-refractivity contribution in [2.45, 2.75) is 95.8 Å². The van der Waals surface area contributed by atoms with Gasteiger partial charge in [-0.25, -0.2) is 0 Å². The smallest absolute Gasteiger partial charge is 0.143 e. The van der Waals surface area contributed by atoms with Crippen LogP contribution in [0.1, 0.15) is 134 Å². The molecule has 5 aliphatic rings. The van der Waals surface area contributed by atoms with E-state index in [1.54, 1.807) is 0 Å². The Labute approximate surface area is 555 Å². The molecule has 20 rings (SSSR count). The lowest BCUT2D eigenvalue weighted by Gasteiger charge is -2.27. The van der Waals surface area contributed by atoms with E-state index in [0.29, 0.717) is 0 Å². The number of hydrogen-bond acceptors (Lipinski definition) is 2. The van der Waals surface area contributed by atoms with Gasteiger partial charge in [-0.15, -0.1) is 0 Å². The molecule has 0 amide bonds. The highest BCUT2D eigenvalue weighted by molar-refractivity contribution is 6.19. The van der Waals surface area contributed by atoms with Crippen LogP contribution in [0.25, 0.3) is 133 Å². The molecular weight excluding hydrogens is 1150 g/mol. The molecule has 2 aromatic heterocycles. The van der Waals surface area contributed by atoms with Crippen LogP contribution in [0.4, 0.5) is 0 Å². The molecule has 0 saturated heterocycles. The van der Waals surface area contributed by atoms with Gasteiger partial charge in [-0.05, 0) is 211 Å². The van der Waals surface area contributed by atoms with Gasteiger partial charge in [0.2, 0.25) is 0 Å². The molecule has 1 unspecified atom stereocenters. The molecule has 0 fully saturated rings. The van der Waals surface area contributed by atoms with E-state index in [4.69, 9.17) is 8.83 Å². The van der Waals surface area contributed by atoms with Crippen molar-refractivity contribution in [2.24, 2.45) is 0 Å². The van der Waals surface area contributed by atoms with Crippen LogP contribution in [-0.4, -0.2) is 0 Å². The van der Waals surface area contributed by atoms with Gasteiger partial charge in [0, 0.05) is 54.7 Å². The highest BCUT2D eigenvalue weighted by Gasteiger charge is 2.46. The van der Waals surface area contributed by atoms with Gasteiger partial charge in [-0.3, -0.25) is 0 Å². The lowest BCUT2D eigenvalue weighted by atomic mass is 9.76. The first kappa shape index (κ1) is 55.0. The molecule has 0 N–H and O–H groups in total. The largest absolute Gasteiger partial charge is 0.456 e. The average Bonchev–Trinajstić information content (AvgIpc) is 1.55. The Morgan fingerprint density at radius 2 is 0.800 bits per heavy atom.